The SMILES string of the molecule is C#Cc1c(F)ccc2cc(O)cc(-c3ccc4c(N5CC6CC(C)(O)CC6C5)nc(OC[C@@]56CCCN5C[C@H](F)C6)nc4c3F)c12. The Morgan fingerprint density at radius 1 is 1.04 bits per heavy atom. The molecule has 3 aromatic carbocycles. The van der Waals surface area contributed by atoms with E-state index in [0.29, 0.717) is 60.9 Å². The number of ether oxygens (including phenoxy) is 1. The summed E-state index contributed by atoms with van der Waals surface area (Å²) in [6.45, 7) is 4.55. The molecule has 0 radical (unpaired) electrons. The molecule has 0 spiro atoms. The average molecular weight is 629 g/mol. The van der Waals surface area contributed by atoms with E-state index in [4.69, 9.17) is 16.1 Å². The van der Waals surface area contributed by atoms with E-state index in [0.717, 1.165) is 19.4 Å². The molecule has 3 aliphatic heterocycles. The summed E-state index contributed by atoms with van der Waals surface area (Å²) in [5.74, 6) is 2.05. The Kier molecular flexibility index (Phi) is 6.68. The molecule has 10 heteroatoms. The Morgan fingerprint density at radius 3 is 2.59 bits per heavy atom. The molecule has 3 saturated heterocycles. The number of phenols is 1. The quantitative estimate of drug-likeness (QED) is 0.264. The van der Waals surface area contributed by atoms with Gasteiger partial charge in [0.05, 0.1) is 16.7 Å². The van der Waals surface area contributed by atoms with Gasteiger partial charge in [0.1, 0.15) is 35.7 Å². The summed E-state index contributed by atoms with van der Waals surface area (Å²) < 4.78 is 52.4. The molecule has 0 bridgehead atoms. The number of hydrogen-bond acceptors (Lipinski definition) is 7. The summed E-state index contributed by atoms with van der Waals surface area (Å²) in [6, 6.07) is 8.89. The molecule has 46 heavy (non-hydrogen) atoms. The lowest BCUT2D eigenvalue weighted by atomic mass is 9.93. The number of anilines is 1. The molecule has 4 heterocycles. The van der Waals surface area contributed by atoms with Crippen LogP contribution in [0, 0.1) is 35.8 Å². The predicted octanol–water partition coefficient (Wildman–Crippen LogP) is 5.97. The summed E-state index contributed by atoms with van der Waals surface area (Å²) in [5.41, 5.74) is -0.813. The second kappa shape index (κ2) is 10.5. The number of aliphatic hydroxyl groups is 1. The highest BCUT2D eigenvalue weighted by Crippen LogP contribution is 2.47. The second-order valence-electron chi connectivity index (χ2n) is 14.0. The molecule has 1 aromatic heterocycles. The summed E-state index contributed by atoms with van der Waals surface area (Å²) in [4.78, 5) is 13.7. The Bertz CT molecular complexity index is 1930. The minimum absolute atomic E-state index is 0.00210. The standard InChI is InChI=1S/C36H35F3N4O3/c1-3-25-29(38)8-5-20-11-24(44)12-28(30(20)25)26-6-7-27-32(31(26)39)40-34(46-19-36-9-4-10-43(36)18-23(37)15-36)41-33(27)42-16-21-13-35(2,45)14-22(21)17-42/h1,5-8,11-12,21-23,44-45H,4,9-10,13-19H2,2H3/t21?,22?,23-,35?,36+/m1/s1. The van der Waals surface area contributed by atoms with Crippen LogP contribution < -0.4 is 9.64 Å². The van der Waals surface area contributed by atoms with Gasteiger partial charge >= 0.3 is 6.01 Å². The Labute approximate surface area is 265 Å². The van der Waals surface area contributed by atoms with Gasteiger partial charge in [-0.2, -0.15) is 9.97 Å². The number of hydrogen-bond donors (Lipinski definition) is 2. The highest BCUT2D eigenvalue weighted by molar-refractivity contribution is 6.04. The molecule has 8 rings (SSSR count). The zero-order chi connectivity index (χ0) is 32.0. The highest BCUT2D eigenvalue weighted by atomic mass is 19.1. The number of halogens is 3. The molecule has 0 amide bonds. The van der Waals surface area contributed by atoms with Crippen molar-refractivity contribution >= 4 is 27.5 Å². The number of terminal acetylenes is 1. The van der Waals surface area contributed by atoms with Crippen molar-refractivity contribution in [1.82, 2.24) is 14.9 Å². The van der Waals surface area contributed by atoms with Crippen molar-refractivity contribution in [2.24, 2.45) is 11.8 Å². The molecular formula is C36H35F3N4O3. The van der Waals surface area contributed by atoms with Crippen LogP contribution in [0.25, 0.3) is 32.8 Å². The predicted molar refractivity (Wildman–Crippen MR) is 170 cm³/mol. The first kappa shape index (κ1) is 29.3. The van der Waals surface area contributed by atoms with Crippen molar-refractivity contribution in [3.8, 4) is 35.2 Å². The summed E-state index contributed by atoms with van der Waals surface area (Å²) in [7, 11) is 0. The van der Waals surface area contributed by atoms with Crippen LogP contribution in [0.5, 0.6) is 11.8 Å². The molecule has 238 valence electrons. The molecule has 4 aliphatic rings. The van der Waals surface area contributed by atoms with Crippen molar-refractivity contribution in [3.05, 3.63) is 53.6 Å². The monoisotopic (exact) mass is 628 g/mol. The van der Waals surface area contributed by atoms with Crippen molar-refractivity contribution in [3.63, 3.8) is 0 Å². The molecule has 4 aromatic rings. The van der Waals surface area contributed by atoms with Gasteiger partial charge in [-0.15, -0.1) is 6.42 Å². The van der Waals surface area contributed by atoms with E-state index < -0.39 is 28.9 Å². The summed E-state index contributed by atoms with van der Waals surface area (Å²) in [5, 5.41) is 22.5. The fourth-order valence-corrected chi connectivity index (χ4v) is 8.85. The molecule has 2 unspecified atom stereocenters. The largest absolute Gasteiger partial charge is 0.508 e. The maximum absolute atomic E-state index is 16.9. The molecule has 4 fully saturated rings. The van der Waals surface area contributed by atoms with E-state index in [2.05, 4.69) is 20.7 Å². The first-order chi connectivity index (χ1) is 22.0. The van der Waals surface area contributed by atoms with Crippen LogP contribution in [0.1, 0.15) is 44.6 Å². The van der Waals surface area contributed by atoms with E-state index in [1.165, 1.54) is 24.3 Å². The van der Waals surface area contributed by atoms with Gasteiger partial charge in [-0.1, -0.05) is 18.1 Å². The van der Waals surface area contributed by atoms with Crippen LogP contribution >= 0.6 is 0 Å². The van der Waals surface area contributed by atoms with Crippen molar-refractivity contribution < 1.29 is 28.1 Å². The lowest BCUT2D eigenvalue weighted by molar-refractivity contribution is 0.0601. The maximum Gasteiger partial charge on any atom is 0.319 e. The number of alkyl halides is 1. The molecule has 1 aliphatic carbocycles. The number of rotatable bonds is 5. The van der Waals surface area contributed by atoms with Crippen LogP contribution in [0.3, 0.4) is 0 Å². The van der Waals surface area contributed by atoms with Crippen LogP contribution in [-0.2, 0) is 0 Å². The number of benzene rings is 3. The molecule has 1 saturated carbocycles. The average Bonchev–Trinajstić information content (AvgIpc) is 3.73. The number of aromatic nitrogens is 2. The smallest absolute Gasteiger partial charge is 0.319 e. The van der Waals surface area contributed by atoms with Crippen LogP contribution in [0.4, 0.5) is 19.0 Å². The lowest BCUT2D eigenvalue weighted by Crippen LogP contribution is -2.43. The van der Waals surface area contributed by atoms with E-state index in [1.54, 1.807) is 12.1 Å². The highest BCUT2D eigenvalue weighted by Gasteiger charge is 2.50. The second-order valence-corrected chi connectivity index (χ2v) is 14.0. The van der Waals surface area contributed by atoms with Gasteiger partial charge in [0.25, 0.3) is 0 Å². The third kappa shape index (κ3) is 4.66. The molecule has 7 nitrogen and oxygen atoms in total. The topological polar surface area (TPSA) is 82.0 Å². The van der Waals surface area contributed by atoms with Crippen LogP contribution in [0.2, 0.25) is 0 Å². The van der Waals surface area contributed by atoms with Gasteiger partial charge in [0.2, 0.25) is 0 Å². The number of phenolic OH excluding ortho intramolecular Hbond substituents is 1. The molecular weight excluding hydrogens is 593 g/mol. The van der Waals surface area contributed by atoms with Crippen molar-refractivity contribution in [2.75, 3.05) is 37.7 Å². The number of fused-ring (bicyclic) bond motifs is 4. The van der Waals surface area contributed by atoms with E-state index in [-0.39, 0.29) is 52.4 Å². The zero-order valence-electron chi connectivity index (χ0n) is 25.6. The summed E-state index contributed by atoms with van der Waals surface area (Å²) >= 11 is 0. The van der Waals surface area contributed by atoms with Crippen molar-refractivity contribution in [1.29, 1.82) is 0 Å². The van der Waals surface area contributed by atoms with Crippen molar-refractivity contribution in [2.45, 2.75) is 56.3 Å². The number of nitrogens with zero attached hydrogens (tertiary/aromatic N) is 4. The van der Waals surface area contributed by atoms with Gasteiger partial charge in [0, 0.05) is 42.4 Å². The van der Waals surface area contributed by atoms with Gasteiger partial charge in [0.15, 0.2) is 5.82 Å². The van der Waals surface area contributed by atoms with Gasteiger partial charge < -0.3 is 19.8 Å². The normalized spacial score (nSPS) is 29.0. The third-order valence-corrected chi connectivity index (χ3v) is 10.8. The van der Waals surface area contributed by atoms with E-state index in [9.17, 15) is 19.0 Å². The molecule has 2 N–H and O–H groups in total. The Morgan fingerprint density at radius 2 is 1.83 bits per heavy atom. The van der Waals surface area contributed by atoms with Crippen LogP contribution in [-0.4, -0.2) is 75.2 Å². The summed E-state index contributed by atoms with van der Waals surface area (Å²) in [6.07, 6.45) is 8.27. The van der Waals surface area contributed by atoms with Gasteiger partial charge in [-0.25, -0.2) is 13.2 Å². The molecule has 4 atom stereocenters. The minimum atomic E-state index is -0.923. The Hall–Kier alpha value is -4.07. The van der Waals surface area contributed by atoms with E-state index >= 15 is 4.39 Å². The zero-order valence-corrected chi connectivity index (χ0v) is 25.6. The van der Waals surface area contributed by atoms with Gasteiger partial charge in [-0.05, 0) is 86.2 Å². The minimum Gasteiger partial charge on any atom is -0.508 e. The maximum atomic E-state index is 16.9. The number of aromatic hydroxyl groups is 1. The fourth-order valence-electron chi connectivity index (χ4n) is 8.85. The first-order valence-electron chi connectivity index (χ1n) is 16.0. The van der Waals surface area contributed by atoms with Crippen LogP contribution in [0.15, 0.2) is 36.4 Å². The first-order valence-corrected chi connectivity index (χ1v) is 16.0. The van der Waals surface area contributed by atoms with Gasteiger partial charge in [-0.3, -0.25) is 4.90 Å². The fraction of sp³-hybridized carbons (Fsp3) is 0.444. The van der Waals surface area contributed by atoms with E-state index in [1.807, 2.05) is 6.92 Å². The Balaban J connectivity index is 1.26. The third-order valence-electron chi connectivity index (χ3n) is 10.8. The lowest BCUT2D eigenvalue weighted by Gasteiger charge is -2.31.